The standard InChI is InChI=1S/C16H20F2N6/c1-9-7-20-13(21-10-4-5-19-8-10)6-12(9)15-22-16(14(17)18)24(23-15)11-2-3-11/h6-7,10-11,14,19H,2-5,8H2,1H3,(H,20,21)/t10-/m0/s1. The number of rotatable bonds is 5. The number of hydrogen-bond donors (Lipinski definition) is 2. The smallest absolute Gasteiger partial charge is 0.297 e. The van der Waals surface area contributed by atoms with Crippen molar-refractivity contribution in [1.82, 2.24) is 25.1 Å². The van der Waals surface area contributed by atoms with E-state index in [0.29, 0.717) is 11.9 Å². The third kappa shape index (κ3) is 2.98. The van der Waals surface area contributed by atoms with E-state index in [1.165, 1.54) is 4.68 Å². The minimum atomic E-state index is -2.61. The van der Waals surface area contributed by atoms with Crippen molar-refractivity contribution in [2.45, 2.75) is 44.7 Å². The van der Waals surface area contributed by atoms with E-state index in [2.05, 4.69) is 25.7 Å². The highest BCUT2D eigenvalue weighted by molar-refractivity contribution is 5.63. The van der Waals surface area contributed by atoms with Crippen LogP contribution in [0.5, 0.6) is 0 Å². The maximum Gasteiger partial charge on any atom is 0.297 e. The predicted octanol–water partition coefficient (Wildman–Crippen LogP) is 2.69. The molecule has 1 saturated carbocycles. The lowest BCUT2D eigenvalue weighted by atomic mass is 10.1. The molecule has 1 atom stereocenters. The zero-order chi connectivity index (χ0) is 16.7. The minimum Gasteiger partial charge on any atom is -0.366 e. The van der Waals surface area contributed by atoms with Crippen LogP contribution < -0.4 is 10.6 Å². The number of nitrogens with one attached hydrogen (secondary N) is 2. The van der Waals surface area contributed by atoms with Crippen LogP contribution in [0.15, 0.2) is 12.3 Å². The van der Waals surface area contributed by atoms with Gasteiger partial charge in [-0.2, -0.15) is 5.10 Å². The molecule has 4 rings (SSSR count). The Bertz CT molecular complexity index is 715. The predicted molar refractivity (Wildman–Crippen MR) is 86.1 cm³/mol. The number of alkyl halides is 2. The zero-order valence-electron chi connectivity index (χ0n) is 13.5. The van der Waals surface area contributed by atoms with E-state index in [1.807, 2.05) is 13.0 Å². The van der Waals surface area contributed by atoms with Crippen molar-refractivity contribution in [3.05, 3.63) is 23.7 Å². The Labute approximate surface area is 138 Å². The van der Waals surface area contributed by atoms with E-state index >= 15 is 0 Å². The summed E-state index contributed by atoms with van der Waals surface area (Å²) < 4.78 is 27.9. The first kappa shape index (κ1) is 15.4. The van der Waals surface area contributed by atoms with Crippen LogP contribution in [0.3, 0.4) is 0 Å². The van der Waals surface area contributed by atoms with E-state index in [-0.39, 0.29) is 11.9 Å². The van der Waals surface area contributed by atoms with E-state index in [1.54, 1.807) is 6.20 Å². The first-order valence-electron chi connectivity index (χ1n) is 8.30. The van der Waals surface area contributed by atoms with Crippen molar-refractivity contribution in [3.8, 4) is 11.4 Å². The molecule has 0 unspecified atom stereocenters. The largest absolute Gasteiger partial charge is 0.366 e. The number of anilines is 1. The third-order valence-corrected chi connectivity index (χ3v) is 4.50. The zero-order valence-corrected chi connectivity index (χ0v) is 13.5. The second kappa shape index (κ2) is 6.08. The van der Waals surface area contributed by atoms with Crippen LogP contribution in [-0.4, -0.2) is 38.9 Å². The second-order valence-corrected chi connectivity index (χ2v) is 6.49. The Morgan fingerprint density at radius 2 is 2.17 bits per heavy atom. The summed E-state index contributed by atoms with van der Waals surface area (Å²) in [4.78, 5) is 8.50. The van der Waals surface area contributed by atoms with Crippen LogP contribution in [0.25, 0.3) is 11.4 Å². The van der Waals surface area contributed by atoms with E-state index in [9.17, 15) is 8.78 Å². The van der Waals surface area contributed by atoms with Crippen molar-refractivity contribution >= 4 is 5.82 Å². The van der Waals surface area contributed by atoms with Crippen molar-refractivity contribution in [1.29, 1.82) is 0 Å². The molecule has 2 aromatic heterocycles. The molecule has 2 aliphatic rings. The quantitative estimate of drug-likeness (QED) is 0.880. The van der Waals surface area contributed by atoms with Gasteiger partial charge in [0, 0.05) is 24.3 Å². The van der Waals surface area contributed by atoms with Gasteiger partial charge in [-0.05, 0) is 44.4 Å². The van der Waals surface area contributed by atoms with Gasteiger partial charge in [0.1, 0.15) is 5.82 Å². The van der Waals surface area contributed by atoms with E-state index in [0.717, 1.165) is 49.3 Å². The molecule has 0 spiro atoms. The molecule has 2 fully saturated rings. The van der Waals surface area contributed by atoms with Gasteiger partial charge in [-0.3, -0.25) is 0 Å². The Kier molecular flexibility index (Phi) is 3.91. The molecule has 128 valence electrons. The van der Waals surface area contributed by atoms with Gasteiger partial charge in [0.05, 0.1) is 6.04 Å². The fourth-order valence-electron chi connectivity index (χ4n) is 3.02. The maximum atomic E-state index is 13.2. The van der Waals surface area contributed by atoms with Crippen molar-refractivity contribution in [2.75, 3.05) is 18.4 Å². The third-order valence-electron chi connectivity index (χ3n) is 4.50. The summed E-state index contributed by atoms with van der Waals surface area (Å²) in [5.41, 5.74) is 1.62. The van der Waals surface area contributed by atoms with Crippen LogP contribution in [0, 0.1) is 6.92 Å². The lowest BCUT2D eigenvalue weighted by Gasteiger charge is -2.13. The van der Waals surface area contributed by atoms with E-state index < -0.39 is 6.43 Å². The summed E-state index contributed by atoms with van der Waals surface area (Å²) >= 11 is 0. The molecular weight excluding hydrogens is 314 g/mol. The number of hydrogen-bond acceptors (Lipinski definition) is 5. The van der Waals surface area contributed by atoms with Gasteiger partial charge in [-0.25, -0.2) is 23.4 Å². The first-order chi connectivity index (χ1) is 11.6. The highest BCUT2D eigenvalue weighted by Crippen LogP contribution is 2.38. The molecule has 0 amide bonds. The summed E-state index contributed by atoms with van der Waals surface area (Å²) in [6, 6.07) is 2.26. The molecule has 3 heterocycles. The Hall–Kier alpha value is -2.09. The summed E-state index contributed by atoms with van der Waals surface area (Å²) in [6.45, 7) is 3.78. The van der Waals surface area contributed by atoms with Crippen LogP contribution in [0.2, 0.25) is 0 Å². The van der Waals surface area contributed by atoms with Crippen LogP contribution in [0.4, 0.5) is 14.6 Å². The van der Waals surface area contributed by atoms with Crippen molar-refractivity contribution in [3.63, 3.8) is 0 Å². The van der Waals surface area contributed by atoms with Gasteiger partial charge < -0.3 is 10.6 Å². The molecule has 1 saturated heterocycles. The lowest BCUT2D eigenvalue weighted by molar-refractivity contribution is 0.133. The van der Waals surface area contributed by atoms with Gasteiger partial charge in [0.25, 0.3) is 6.43 Å². The highest BCUT2D eigenvalue weighted by Gasteiger charge is 2.31. The molecule has 24 heavy (non-hydrogen) atoms. The number of aromatic nitrogens is 4. The number of halogens is 2. The van der Waals surface area contributed by atoms with E-state index in [4.69, 9.17) is 0 Å². The molecule has 0 bridgehead atoms. The van der Waals surface area contributed by atoms with Gasteiger partial charge in [0.15, 0.2) is 11.6 Å². The Balaban J connectivity index is 1.66. The summed E-state index contributed by atoms with van der Waals surface area (Å²) in [6.07, 6.45) is 1.93. The summed E-state index contributed by atoms with van der Waals surface area (Å²) in [5.74, 6) is 0.841. The van der Waals surface area contributed by atoms with Gasteiger partial charge in [0.2, 0.25) is 0 Å². The van der Waals surface area contributed by atoms with Crippen LogP contribution >= 0.6 is 0 Å². The fraction of sp³-hybridized carbons (Fsp3) is 0.562. The molecule has 1 aliphatic carbocycles. The molecule has 1 aliphatic heterocycles. The minimum absolute atomic E-state index is 0.0690. The molecule has 6 nitrogen and oxygen atoms in total. The second-order valence-electron chi connectivity index (χ2n) is 6.49. The average Bonchev–Trinajstić information content (AvgIpc) is 3.09. The number of nitrogens with zero attached hydrogens (tertiary/aromatic N) is 4. The lowest BCUT2D eigenvalue weighted by Crippen LogP contribution is -2.22. The summed E-state index contributed by atoms with van der Waals surface area (Å²) in [5, 5.41) is 11.0. The molecule has 8 heteroatoms. The van der Waals surface area contributed by atoms with Crippen molar-refractivity contribution < 1.29 is 8.78 Å². The van der Waals surface area contributed by atoms with Gasteiger partial charge in [-0.15, -0.1) is 0 Å². The monoisotopic (exact) mass is 334 g/mol. The fourth-order valence-corrected chi connectivity index (χ4v) is 3.02. The molecular formula is C16H20F2N6. The highest BCUT2D eigenvalue weighted by atomic mass is 19.3. The first-order valence-corrected chi connectivity index (χ1v) is 8.30. The summed E-state index contributed by atoms with van der Waals surface area (Å²) in [7, 11) is 0. The average molecular weight is 334 g/mol. The maximum absolute atomic E-state index is 13.2. The number of pyridine rings is 1. The van der Waals surface area contributed by atoms with Gasteiger partial charge in [-0.1, -0.05) is 0 Å². The van der Waals surface area contributed by atoms with Gasteiger partial charge >= 0.3 is 0 Å². The topological polar surface area (TPSA) is 67.7 Å². The van der Waals surface area contributed by atoms with Crippen molar-refractivity contribution in [2.24, 2.45) is 0 Å². The molecule has 0 radical (unpaired) electrons. The Morgan fingerprint density at radius 3 is 2.83 bits per heavy atom. The van der Waals surface area contributed by atoms with Crippen LogP contribution in [-0.2, 0) is 0 Å². The molecule has 2 N–H and O–H groups in total. The normalized spacial score (nSPS) is 20.8. The molecule has 0 aromatic carbocycles. The SMILES string of the molecule is Cc1cnc(N[C@H]2CCNC2)cc1-c1nc(C(F)F)n(C2CC2)n1. The van der Waals surface area contributed by atoms with Crippen LogP contribution in [0.1, 0.15) is 43.1 Å². The molecule has 2 aromatic rings. The Morgan fingerprint density at radius 1 is 1.33 bits per heavy atom. The number of aryl methyl sites for hydroxylation is 1.